The molecule has 0 aromatic heterocycles. The van der Waals surface area contributed by atoms with E-state index in [4.69, 9.17) is 4.74 Å². The quantitative estimate of drug-likeness (QED) is 0.881. The molecule has 22 heavy (non-hydrogen) atoms. The second-order valence-corrected chi connectivity index (χ2v) is 6.42. The normalized spacial score (nSPS) is 22.9. The Kier molecular flexibility index (Phi) is 4.25. The summed E-state index contributed by atoms with van der Waals surface area (Å²) < 4.78 is 5.64. The Balaban J connectivity index is 1.59. The molecule has 2 aliphatic heterocycles. The molecule has 1 fully saturated rings. The van der Waals surface area contributed by atoms with Gasteiger partial charge in [0, 0.05) is 18.7 Å². The number of rotatable bonds is 2. The van der Waals surface area contributed by atoms with Crippen molar-refractivity contribution >= 4 is 6.03 Å². The number of aliphatic hydroxyl groups is 1. The third-order valence-electron chi connectivity index (χ3n) is 4.75. The third kappa shape index (κ3) is 3.04. The van der Waals surface area contributed by atoms with E-state index < -0.39 is 0 Å². The molecule has 2 heterocycles. The lowest BCUT2D eigenvalue weighted by molar-refractivity contribution is 0.0791. The molecule has 2 aliphatic rings. The van der Waals surface area contributed by atoms with Gasteiger partial charge >= 0.3 is 6.03 Å². The van der Waals surface area contributed by atoms with E-state index in [0.29, 0.717) is 25.6 Å². The van der Waals surface area contributed by atoms with Gasteiger partial charge in [-0.1, -0.05) is 17.7 Å². The SMILES string of the molecule is Cc1ccc2c(c1)C(NC(=O)N1CCC(C(C)O)CC1)CO2. The van der Waals surface area contributed by atoms with Gasteiger partial charge in [0.25, 0.3) is 0 Å². The van der Waals surface area contributed by atoms with Gasteiger partial charge < -0.3 is 20.1 Å². The summed E-state index contributed by atoms with van der Waals surface area (Å²) in [5.74, 6) is 1.17. The Bertz CT molecular complexity index is 551. The maximum absolute atomic E-state index is 12.4. The van der Waals surface area contributed by atoms with E-state index in [1.807, 2.05) is 30.9 Å². The summed E-state index contributed by atoms with van der Waals surface area (Å²) in [7, 11) is 0. The maximum atomic E-state index is 12.4. The largest absolute Gasteiger partial charge is 0.491 e. The van der Waals surface area contributed by atoms with E-state index in [9.17, 15) is 9.90 Å². The van der Waals surface area contributed by atoms with Gasteiger partial charge in [-0.3, -0.25) is 0 Å². The zero-order valence-corrected chi connectivity index (χ0v) is 13.2. The summed E-state index contributed by atoms with van der Waals surface area (Å²) in [5.41, 5.74) is 2.23. The summed E-state index contributed by atoms with van der Waals surface area (Å²) in [4.78, 5) is 14.3. The van der Waals surface area contributed by atoms with Crippen LogP contribution in [0.2, 0.25) is 0 Å². The van der Waals surface area contributed by atoms with Gasteiger partial charge in [-0.2, -0.15) is 0 Å². The third-order valence-corrected chi connectivity index (χ3v) is 4.75. The molecule has 1 aromatic rings. The molecule has 1 saturated heterocycles. The van der Waals surface area contributed by atoms with Crippen molar-refractivity contribution in [3.05, 3.63) is 29.3 Å². The summed E-state index contributed by atoms with van der Waals surface area (Å²) >= 11 is 0. The molecule has 0 bridgehead atoms. The number of carbonyl (C=O) groups is 1. The van der Waals surface area contributed by atoms with Crippen molar-refractivity contribution in [3.8, 4) is 5.75 Å². The topological polar surface area (TPSA) is 61.8 Å². The number of piperidine rings is 1. The highest BCUT2D eigenvalue weighted by Crippen LogP contribution is 2.33. The number of aliphatic hydroxyl groups excluding tert-OH is 1. The zero-order valence-electron chi connectivity index (χ0n) is 13.2. The molecular weight excluding hydrogens is 280 g/mol. The minimum atomic E-state index is -0.289. The van der Waals surface area contributed by atoms with Gasteiger partial charge in [0.15, 0.2) is 0 Å². The molecule has 0 aliphatic carbocycles. The van der Waals surface area contributed by atoms with Crippen LogP contribution >= 0.6 is 0 Å². The molecule has 2 atom stereocenters. The van der Waals surface area contributed by atoms with Crippen LogP contribution in [-0.4, -0.2) is 41.8 Å². The molecule has 0 radical (unpaired) electrons. The number of fused-ring (bicyclic) bond motifs is 1. The van der Waals surface area contributed by atoms with E-state index in [1.54, 1.807) is 0 Å². The first-order valence-electron chi connectivity index (χ1n) is 8.01. The molecule has 2 amide bonds. The highest BCUT2D eigenvalue weighted by atomic mass is 16.5. The molecule has 2 N–H and O–H groups in total. The second-order valence-electron chi connectivity index (χ2n) is 6.42. The molecule has 1 aromatic carbocycles. The Morgan fingerprint density at radius 1 is 1.41 bits per heavy atom. The van der Waals surface area contributed by atoms with Gasteiger partial charge in [0.1, 0.15) is 12.4 Å². The molecule has 120 valence electrons. The Labute approximate surface area is 131 Å². The lowest BCUT2D eigenvalue weighted by Gasteiger charge is -2.33. The average Bonchev–Trinajstić information content (AvgIpc) is 2.89. The fourth-order valence-electron chi connectivity index (χ4n) is 3.28. The van der Waals surface area contributed by atoms with E-state index in [-0.39, 0.29) is 18.2 Å². The van der Waals surface area contributed by atoms with Crippen LogP contribution in [0.1, 0.15) is 36.9 Å². The second kappa shape index (κ2) is 6.16. The molecule has 5 heteroatoms. The molecule has 0 saturated carbocycles. The highest BCUT2D eigenvalue weighted by molar-refractivity contribution is 5.75. The first-order chi connectivity index (χ1) is 10.5. The number of ether oxygens (including phenoxy) is 1. The Morgan fingerprint density at radius 2 is 2.14 bits per heavy atom. The van der Waals surface area contributed by atoms with E-state index in [1.165, 1.54) is 5.56 Å². The average molecular weight is 304 g/mol. The molecule has 0 spiro atoms. The Hall–Kier alpha value is -1.75. The van der Waals surface area contributed by atoms with E-state index in [2.05, 4.69) is 11.4 Å². The summed E-state index contributed by atoms with van der Waals surface area (Å²) in [6.07, 6.45) is 1.44. The predicted octanol–water partition coefficient (Wildman–Crippen LogP) is 2.23. The van der Waals surface area contributed by atoms with Crippen molar-refractivity contribution in [2.75, 3.05) is 19.7 Å². The number of urea groups is 1. The standard InChI is InChI=1S/C17H24N2O3/c1-11-3-4-16-14(9-11)15(10-22-16)18-17(21)19-7-5-13(6-8-19)12(2)20/h3-4,9,12-13,15,20H,5-8,10H2,1-2H3,(H,18,21). The maximum Gasteiger partial charge on any atom is 0.318 e. The predicted molar refractivity (Wildman–Crippen MR) is 83.9 cm³/mol. The first kappa shape index (κ1) is 15.2. The monoisotopic (exact) mass is 304 g/mol. The molecule has 3 rings (SSSR count). The van der Waals surface area contributed by atoms with Crippen LogP contribution in [-0.2, 0) is 0 Å². The molecule has 5 nitrogen and oxygen atoms in total. The fraction of sp³-hybridized carbons (Fsp3) is 0.588. The lowest BCUT2D eigenvalue weighted by Crippen LogP contribution is -2.46. The smallest absolute Gasteiger partial charge is 0.318 e. The fourth-order valence-corrected chi connectivity index (χ4v) is 3.28. The molecular formula is C17H24N2O3. The van der Waals surface area contributed by atoms with Gasteiger partial charge in [-0.05, 0) is 38.7 Å². The summed E-state index contributed by atoms with van der Waals surface area (Å²) in [5, 5.41) is 12.7. The zero-order chi connectivity index (χ0) is 15.7. The number of nitrogens with one attached hydrogen (secondary N) is 1. The van der Waals surface area contributed by atoms with Crippen molar-refractivity contribution in [3.63, 3.8) is 0 Å². The number of hydrogen-bond acceptors (Lipinski definition) is 3. The summed E-state index contributed by atoms with van der Waals surface area (Å²) in [6.45, 7) is 5.77. The number of carbonyl (C=O) groups excluding carboxylic acids is 1. The first-order valence-corrected chi connectivity index (χ1v) is 8.01. The van der Waals surface area contributed by atoms with Crippen LogP contribution in [0, 0.1) is 12.8 Å². The van der Waals surface area contributed by atoms with Gasteiger partial charge in [-0.25, -0.2) is 4.79 Å². The van der Waals surface area contributed by atoms with Gasteiger partial charge in [-0.15, -0.1) is 0 Å². The van der Waals surface area contributed by atoms with Crippen LogP contribution in [0.25, 0.3) is 0 Å². The number of nitrogens with zero attached hydrogens (tertiary/aromatic N) is 1. The minimum absolute atomic E-state index is 0.0352. The number of benzene rings is 1. The van der Waals surface area contributed by atoms with Gasteiger partial charge in [0.2, 0.25) is 0 Å². The van der Waals surface area contributed by atoms with Crippen LogP contribution in [0.15, 0.2) is 18.2 Å². The molecule has 2 unspecified atom stereocenters. The highest BCUT2D eigenvalue weighted by Gasteiger charge is 2.30. The summed E-state index contributed by atoms with van der Waals surface area (Å²) in [6, 6.07) is 5.95. The van der Waals surface area contributed by atoms with Crippen LogP contribution < -0.4 is 10.1 Å². The van der Waals surface area contributed by atoms with Crippen molar-refractivity contribution in [2.24, 2.45) is 5.92 Å². The van der Waals surface area contributed by atoms with Crippen molar-refractivity contribution in [2.45, 2.75) is 38.8 Å². The number of amides is 2. The van der Waals surface area contributed by atoms with Crippen LogP contribution in [0.4, 0.5) is 4.79 Å². The minimum Gasteiger partial charge on any atom is -0.491 e. The van der Waals surface area contributed by atoms with E-state index >= 15 is 0 Å². The van der Waals surface area contributed by atoms with Crippen LogP contribution in [0.5, 0.6) is 5.75 Å². The number of hydrogen-bond donors (Lipinski definition) is 2. The van der Waals surface area contributed by atoms with Crippen molar-refractivity contribution < 1.29 is 14.6 Å². The van der Waals surface area contributed by atoms with E-state index in [0.717, 1.165) is 24.2 Å². The number of likely N-dealkylation sites (tertiary alicyclic amines) is 1. The lowest BCUT2D eigenvalue weighted by atomic mass is 9.92. The Morgan fingerprint density at radius 3 is 2.82 bits per heavy atom. The number of aryl methyl sites for hydroxylation is 1. The van der Waals surface area contributed by atoms with Gasteiger partial charge in [0.05, 0.1) is 12.1 Å². The van der Waals surface area contributed by atoms with Crippen LogP contribution in [0.3, 0.4) is 0 Å². The van der Waals surface area contributed by atoms with Crippen molar-refractivity contribution in [1.29, 1.82) is 0 Å². The van der Waals surface area contributed by atoms with Crippen molar-refractivity contribution in [1.82, 2.24) is 10.2 Å².